The maximum atomic E-state index is 12.6. The topological polar surface area (TPSA) is 62.8 Å². The first-order chi connectivity index (χ1) is 15.3. The molecular weight excluding hydrogens is 449 g/mol. The zero-order valence-electron chi connectivity index (χ0n) is 18.6. The number of methoxy groups -OCH3 is 2. The van der Waals surface area contributed by atoms with Gasteiger partial charge in [0.05, 0.1) is 14.2 Å². The van der Waals surface area contributed by atoms with Gasteiger partial charge in [0.2, 0.25) is 0 Å². The van der Waals surface area contributed by atoms with Crippen molar-refractivity contribution in [3.8, 4) is 11.5 Å². The van der Waals surface area contributed by atoms with Crippen LogP contribution in [-0.2, 0) is 5.41 Å². The maximum absolute atomic E-state index is 12.6. The van der Waals surface area contributed by atoms with Crippen LogP contribution in [0.1, 0.15) is 31.2 Å². The van der Waals surface area contributed by atoms with Crippen LogP contribution >= 0.6 is 23.2 Å². The molecule has 172 valence electrons. The van der Waals surface area contributed by atoms with Gasteiger partial charge >= 0.3 is 6.03 Å². The summed E-state index contributed by atoms with van der Waals surface area (Å²) in [5, 5.41) is 6.96. The Morgan fingerprint density at radius 3 is 2.47 bits per heavy atom. The molecular formula is C24H29Cl2N3O3. The number of hydrogen-bond donors (Lipinski definition) is 2. The molecule has 1 saturated heterocycles. The highest BCUT2D eigenvalue weighted by molar-refractivity contribution is 6.35. The first-order valence-electron chi connectivity index (χ1n) is 10.8. The van der Waals surface area contributed by atoms with Crippen molar-refractivity contribution in [1.29, 1.82) is 0 Å². The summed E-state index contributed by atoms with van der Waals surface area (Å²) in [4.78, 5) is 15.0. The van der Waals surface area contributed by atoms with Gasteiger partial charge in [-0.2, -0.15) is 0 Å². The second kappa shape index (κ2) is 9.38. The Kier molecular flexibility index (Phi) is 6.75. The molecule has 2 aromatic rings. The van der Waals surface area contributed by atoms with Gasteiger partial charge in [0.25, 0.3) is 0 Å². The fourth-order valence-corrected chi connectivity index (χ4v) is 5.90. The normalized spacial score (nSPS) is 25.2. The summed E-state index contributed by atoms with van der Waals surface area (Å²) in [6.07, 6.45) is 3.87. The van der Waals surface area contributed by atoms with Crippen LogP contribution in [0.15, 0.2) is 36.4 Å². The van der Waals surface area contributed by atoms with Crippen LogP contribution in [0.25, 0.3) is 0 Å². The van der Waals surface area contributed by atoms with Gasteiger partial charge in [-0.1, -0.05) is 29.3 Å². The summed E-state index contributed by atoms with van der Waals surface area (Å²) in [5.41, 5.74) is 1.90. The number of anilines is 1. The largest absolute Gasteiger partial charge is 0.493 e. The van der Waals surface area contributed by atoms with E-state index in [9.17, 15) is 4.79 Å². The van der Waals surface area contributed by atoms with E-state index in [2.05, 4.69) is 34.7 Å². The molecule has 0 bridgehead atoms. The minimum absolute atomic E-state index is 0.0451. The fourth-order valence-electron chi connectivity index (χ4n) is 5.37. The van der Waals surface area contributed by atoms with E-state index in [1.165, 1.54) is 5.56 Å². The average molecular weight is 478 g/mol. The lowest BCUT2D eigenvalue weighted by Crippen LogP contribution is -2.52. The van der Waals surface area contributed by atoms with E-state index >= 15 is 0 Å². The molecule has 1 aliphatic heterocycles. The van der Waals surface area contributed by atoms with Gasteiger partial charge in [0.1, 0.15) is 0 Å². The number of carbonyl (C=O) groups is 1. The van der Waals surface area contributed by atoms with Gasteiger partial charge in [0, 0.05) is 33.2 Å². The molecule has 0 aromatic heterocycles. The SMILES string of the molecule is COc1ccc([C@@]23CC[C@H](NC(=O)Nc4cc(Cl)cc(Cl)c4)C[C@H]2N(C)CC3)cc1OC. The number of ether oxygens (including phenoxy) is 2. The number of fused-ring (bicyclic) bond motifs is 1. The van der Waals surface area contributed by atoms with Crippen LogP contribution in [0.5, 0.6) is 11.5 Å². The summed E-state index contributed by atoms with van der Waals surface area (Å²) >= 11 is 12.1. The lowest BCUT2D eigenvalue weighted by atomic mass is 9.65. The van der Waals surface area contributed by atoms with Gasteiger partial charge in [-0.25, -0.2) is 4.79 Å². The van der Waals surface area contributed by atoms with Crippen molar-refractivity contribution >= 4 is 34.9 Å². The highest BCUT2D eigenvalue weighted by atomic mass is 35.5. The fraction of sp³-hybridized carbons (Fsp3) is 0.458. The first kappa shape index (κ1) is 23.0. The van der Waals surface area contributed by atoms with Crippen LogP contribution in [0.3, 0.4) is 0 Å². The minimum Gasteiger partial charge on any atom is -0.493 e. The third-order valence-electron chi connectivity index (χ3n) is 6.94. The number of likely N-dealkylation sites (tertiary alicyclic amines) is 1. The molecule has 4 rings (SSSR count). The Balaban J connectivity index is 1.48. The van der Waals surface area contributed by atoms with Crippen molar-refractivity contribution in [3.05, 3.63) is 52.0 Å². The highest BCUT2D eigenvalue weighted by Gasteiger charge is 2.50. The number of carbonyl (C=O) groups excluding carboxylic acids is 1. The Morgan fingerprint density at radius 1 is 1.06 bits per heavy atom. The van der Waals surface area contributed by atoms with E-state index < -0.39 is 0 Å². The molecule has 3 atom stereocenters. The Labute approximate surface area is 199 Å². The molecule has 0 spiro atoms. The monoisotopic (exact) mass is 477 g/mol. The zero-order valence-corrected chi connectivity index (χ0v) is 20.1. The molecule has 1 saturated carbocycles. The molecule has 8 heteroatoms. The van der Waals surface area contributed by atoms with Gasteiger partial charge in [-0.3, -0.25) is 0 Å². The average Bonchev–Trinajstić information content (AvgIpc) is 3.09. The first-order valence-corrected chi connectivity index (χ1v) is 11.6. The number of halogens is 2. The lowest BCUT2D eigenvalue weighted by molar-refractivity contribution is 0.156. The van der Waals surface area contributed by atoms with Crippen LogP contribution in [-0.4, -0.2) is 50.8 Å². The molecule has 2 fully saturated rings. The van der Waals surface area contributed by atoms with Gasteiger partial charge in [-0.05, 0) is 75.2 Å². The van der Waals surface area contributed by atoms with Crippen molar-refractivity contribution in [2.75, 3.05) is 33.1 Å². The number of amides is 2. The van der Waals surface area contributed by atoms with Crippen molar-refractivity contribution in [1.82, 2.24) is 10.2 Å². The molecule has 1 aliphatic carbocycles. The van der Waals surface area contributed by atoms with E-state index in [0.717, 1.165) is 43.7 Å². The van der Waals surface area contributed by atoms with Gasteiger partial charge in [-0.15, -0.1) is 0 Å². The summed E-state index contributed by atoms with van der Waals surface area (Å²) in [6.45, 7) is 1.03. The standard InChI is InChI=1S/C24H29Cl2N3O3/c1-29-9-8-24(15-4-5-20(31-2)21(10-15)32-3)7-6-18(14-22(24)29)27-23(30)28-19-12-16(25)11-17(26)13-19/h4-5,10-13,18,22H,6-9,14H2,1-3H3,(H2,27,28,30)/t18-,22+,24-/m0/s1. The quantitative estimate of drug-likeness (QED) is 0.610. The Bertz CT molecular complexity index is 982. The molecule has 0 unspecified atom stereocenters. The van der Waals surface area contributed by atoms with E-state index in [4.69, 9.17) is 32.7 Å². The molecule has 2 aliphatic rings. The number of urea groups is 1. The number of benzene rings is 2. The molecule has 32 heavy (non-hydrogen) atoms. The van der Waals surface area contributed by atoms with Crippen LogP contribution in [0.4, 0.5) is 10.5 Å². The highest BCUT2D eigenvalue weighted by Crippen LogP contribution is 2.49. The van der Waals surface area contributed by atoms with Crippen LogP contribution < -0.4 is 20.1 Å². The zero-order chi connectivity index (χ0) is 22.9. The predicted octanol–water partition coefficient (Wildman–Crippen LogP) is 5.33. The van der Waals surface area contributed by atoms with Gasteiger partial charge < -0.3 is 25.0 Å². The summed E-state index contributed by atoms with van der Waals surface area (Å²) in [6, 6.07) is 11.5. The lowest BCUT2D eigenvalue weighted by Gasteiger charge is -2.45. The number of nitrogens with one attached hydrogen (secondary N) is 2. The molecule has 2 aromatic carbocycles. The molecule has 6 nitrogen and oxygen atoms in total. The van der Waals surface area contributed by atoms with Crippen molar-refractivity contribution in [3.63, 3.8) is 0 Å². The third-order valence-corrected chi connectivity index (χ3v) is 7.38. The molecule has 2 N–H and O–H groups in total. The summed E-state index contributed by atoms with van der Waals surface area (Å²) in [5.74, 6) is 1.50. The number of nitrogens with zero attached hydrogens (tertiary/aromatic N) is 1. The van der Waals surface area contributed by atoms with E-state index in [1.54, 1.807) is 32.4 Å². The molecule has 1 heterocycles. The molecule has 2 amide bonds. The van der Waals surface area contributed by atoms with Crippen LogP contribution in [0, 0.1) is 0 Å². The van der Waals surface area contributed by atoms with E-state index in [0.29, 0.717) is 21.8 Å². The predicted molar refractivity (Wildman–Crippen MR) is 129 cm³/mol. The Hall–Kier alpha value is -2.15. The van der Waals surface area contributed by atoms with Crippen LogP contribution in [0.2, 0.25) is 10.0 Å². The number of likely N-dealkylation sites (N-methyl/N-ethyl adjacent to an activating group) is 1. The smallest absolute Gasteiger partial charge is 0.319 e. The maximum Gasteiger partial charge on any atom is 0.319 e. The number of rotatable bonds is 5. The second-order valence-corrected chi connectivity index (χ2v) is 9.57. The minimum atomic E-state index is -0.243. The van der Waals surface area contributed by atoms with Crippen molar-refractivity contribution in [2.24, 2.45) is 0 Å². The van der Waals surface area contributed by atoms with Crippen molar-refractivity contribution < 1.29 is 14.3 Å². The van der Waals surface area contributed by atoms with E-state index in [-0.39, 0.29) is 17.5 Å². The summed E-state index contributed by atoms with van der Waals surface area (Å²) < 4.78 is 11.0. The second-order valence-electron chi connectivity index (χ2n) is 8.70. The third kappa shape index (κ3) is 4.49. The molecule has 0 radical (unpaired) electrons. The van der Waals surface area contributed by atoms with Crippen molar-refractivity contribution in [2.45, 2.75) is 43.2 Å². The van der Waals surface area contributed by atoms with Gasteiger partial charge in [0.15, 0.2) is 11.5 Å². The summed E-state index contributed by atoms with van der Waals surface area (Å²) in [7, 11) is 5.49. The Morgan fingerprint density at radius 2 is 1.78 bits per heavy atom. The van der Waals surface area contributed by atoms with E-state index in [1.807, 2.05) is 6.07 Å². The number of hydrogen-bond acceptors (Lipinski definition) is 4.